The molecule has 0 aromatic carbocycles. The number of carbonyl (C=O) groups excluding carboxylic acids is 1. The van der Waals surface area contributed by atoms with Gasteiger partial charge in [0.1, 0.15) is 0 Å². The Morgan fingerprint density at radius 1 is 1.33 bits per heavy atom. The van der Waals surface area contributed by atoms with Crippen LogP contribution in [0.25, 0.3) is 0 Å². The van der Waals surface area contributed by atoms with Crippen LogP contribution in [0.4, 0.5) is 0 Å². The Balaban J connectivity index is 3.19. The van der Waals surface area contributed by atoms with Crippen molar-refractivity contribution >= 4 is 33.1 Å². The summed E-state index contributed by atoms with van der Waals surface area (Å²) in [6.07, 6.45) is 0.207. The van der Waals surface area contributed by atoms with Crippen molar-refractivity contribution in [3.8, 4) is 0 Å². The number of nitrogens with one attached hydrogen (secondary N) is 1. The minimum absolute atomic E-state index is 0.103. The monoisotopic (exact) mass is 337 g/mol. The van der Waals surface area contributed by atoms with Gasteiger partial charge in [-0.2, -0.15) is 0 Å². The average molecular weight is 337 g/mol. The molecule has 1 aliphatic heterocycles. The van der Waals surface area contributed by atoms with Gasteiger partial charge < -0.3 is 4.90 Å². The molecule has 1 rings (SSSR count). The minimum atomic E-state index is -3.85. The molecule has 2 N–H and O–H groups in total. The number of sulfonamides is 1. The van der Waals surface area contributed by atoms with E-state index >= 15 is 0 Å². The lowest BCUT2D eigenvalue weighted by molar-refractivity contribution is -0.133. The Labute approximate surface area is 131 Å². The molecule has 0 aromatic heterocycles. The van der Waals surface area contributed by atoms with Crippen molar-refractivity contribution in [1.29, 1.82) is 0 Å². The molecule has 0 atom stereocenters. The van der Waals surface area contributed by atoms with Crippen LogP contribution >= 0.6 is 12.2 Å². The fourth-order valence-corrected chi connectivity index (χ4v) is 5.03. The molecule has 1 fully saturated rings. The maximum absolute atomic E-state index is 12.8. The Kier molecular flexibility index (Phi) is 6.09. The third-order valence-corrected chi connectivity index (χ3v) is 7.11. The minimum Gasteiger partial charge on any atom is -0.366 e. The molecule has 0 radical (unpaired) electrons. The summed E-state index contributed by atoms with van der Waals surface area (Å²) in [7, 11) is -3.85. The fourth-order valence-electron chi connectivity index (χ4n) is 2.70. The van der Waals surface area contributed by atoms with Crippen molar-refractivity contribution in [2.45, 2.75) is 38.4 Å². The number of thiocarbonyl (C=S) groups is 1. The Morgan fingerprint density at radius 2 is 1.81 bits per heavy atom. The molecule has 0 unspecified atom stereocenters. The molecule has 1 aliphatic rings. The third-order valence-electron chi connectivity index (χ3n) is 4.07. The molecule has 1 amide bonds. The molecule has 122 valence electrons. The first-order valence-electron chi connectivity index (χ1n) is 6.96. The van der Waals surface area contributed by atoms with Gasteiger partial charge in [-0.15, -0.1) is 0 Å². The molecule has 0 saturated carbocycles. The van der Waals surface area contributed by atoms with E-state index in [0.717, 1.165) is 0 Å². The van der Waals surface area contributed by atoms with E-state index in [1.54, 1.807) is 20.8 Å². The van der Waals surface area contributed by atoms with Crippen molar-refractivity contribution in [2.24, 2.45) is 0 Å². The first kappa shape index (κ1) is 18.3. The normalized spacial score (nSPS) is 18.6. The topological polar surface area (TPSA) is 90.0 Å². The summed E-state index contributed by atoms with van der Waals surface area (Å²) in [6, 6.07) is 0. The molecule has 7 nitrogen and oxygen atoms in total. The van der Waals surface area contributed by atoms with Crippen molar-refractivity contribution in [1.82, 2.24) is 14.7 Å². The highest BCUT2D eigenvalue weighted by atomic mass is 32.2. The Morgan fingerprint density at radius 3 is 2.14 bits per heavy atom. The molecular weight excluding hydrogens is 314 g/mol. The number of likely N-dealkylation sites (tertiary alicyclic amines) is 1. The quantitative estimate of drug-likeness (QED) is 0.427. The number of amides is 1. The second kappa shape index (κ2) is 6.99. The molecule has 21 heavy (non-hydrogen) atoms. The summed E-state index contributed by atoms with van der Waals surface area (Å²) in [5, 5.41) is 9.00. The van der Waals surface area contributed by atoms with Crippen LogP contribution in [0.3, 0.4) is 0 Å². The summed E-state index contributed by atoms with van der Waals surface area (Å²) in [4.78, 5) is 14.7. The van der Waals surface area contributed by atoms with Gasteiger partial charge in [0.2, 0.25) is 10.0 Å². The summed E-state index contributed by atoms with van der Waals surface area (Å²) in [5.41, 5.74) is 1.53. The second-order valence-electron chi connectivity index (χ2n) is 5.03. The Bertz CT molecular complexity index is 495. The van der Waals surface area contributed by atoms with E-state index in [2.05, 4.69) is 0 Å². The lowest BCUT2D eigenvalue weighted by Gasteiger charge is -2.42. The highest BCUT2D eigenvalue weighted by Crippen LogP contribution is 2.33. The van der Waals surface area contributed by atoms with Crippen molar-refractivity contribution in [3.63, 3.8) is 0 Å². The molecule has 0 spiro atoms. The fraction of sp³-hybridized carbons (Fsp3) is 0.833. The van der Waals surface area contributed by atoms with Crippen molar-refractivity contribution in [3.05, 3.63) is 0 Å². The van der Waals surface area contributed by atoms with E-state index in [-0.39, 0.29) is 25.9 Å². The van der Waals surface area contributed by atoms with Crippen LogP contribution < -0.4 is 5.48 Å². The standard InChI is InChI=1S/C12H23N3O4S2/c1-4-15(5-2)21(18,19)12(11(16)13-17)6-8-14(9-7-12)10(3)20/h17H,4-9H2,1-3H3,(H,13,16). The lowest BCUT2D eigenvalue weighted by Crippen LogP contribution is -2.61. The zero-order valence-corrected chi connectivity index (χ0v) is 14.3. The van der Waals surface area contributed by atoms with E-state index in [1.807, 2.05) is 4.90 Å². The predicted molar refractivity (Wildman–Crippen MR) is 83.6 cm³/mol. The predicted octanol–water partition coefficient (Wildman–Crippen LogP) is 0.345. The van der Waals surface area contributed by atoms with Crippen LogP contribution in [-0.4, -0.2) is 64.7 Å². The summed E-state index contributed by atoms with van der Waals surface area (Å²) < 4.78 is 25.3. The number of rotatable bonds is 5. The zero-order valence-electron chi connectivity index (χ0n) is 12.6. The number of hydrogen-bond acceptors (Lipinski definition) is 5. The third kappa shape index (κ3) is 3.20. The van der Waals surface area contributed by atoms with Gasteiger partial charge in [0, 0.05) is 26.2 Å². The average Bonchev–Trinajstić information content (AvgIpc) is 2.47. The maximum Gasteiger partial charge on any atom is 0.266 e. The van der Waals surface area contributed by atoms with Gasteiger partial charge in [0.05, 0.1) is 4.99 Å². The molecule has 1 heterocycles. The van der Waals surface area contributed by atoms with Crippen LogP contribution in [0.1, 0.15) is 33.6 Å². The van der Waals surface area contributed by atoms with Gasteiger partial charge in [-0.25, -0.2) is 18.2 Å². The highest BCUT2D eigenvalue weighted by molar-refractivity contribution is 7.91. The Hall–Kier alpha value is -0.770. The highest BCUT2D eigenvalue weighted by Gasteiger charge is 2.54. The van der Waals surface area contributed by atoms with Gasteiger partial charge in [0.25, 0.3) is 5.91 Å². The van der Waals surface area contributed by atoms with Crippen LogP contribution in [0.2, 0.25) is 0 Å². The SMILES string of the molecule is CCN(CC)S(=O)(=O)C1(C(=O)NO)CCN(C(C)=S)CC1. The molecular formula is C12H23N3O4S2. The van der Waals surface area contributed by atoms with Crippen LogP contribution in [-0.2, 0) is 14.8 Å². The van der Waals surface area contributed by atoms with Crippen LogP contribution in [0.15, 0.2) is 0 Å². The largest absolute Gasteiger partial charge is 0.366 e. The lowest BCUT2D eigenvalue weighted by atomic mass is 9.95. The molecule has 1 saturated heterocycles. The van der Waals surface area contributed by atoms with Crippen LogP contribution in [0.5, 0.6) is 0 Å². The van der Waals surface area contributed by atoms with Gasteiger partial charge in [-0.1, -0.05) is 26.1 Å². The van der Waals surface area contributed by atoms with E-state index in [1.165, 1.54) is 9.79 Å². The van der Waals surface area contributed by atoms with Gasteiger partial charge in [-0.3, -0.25) is 10.0 Å². The first-order chi connectivity index (χ1) is 9.76. The van der Waals surface area contributed by atoms with E-state index in [9.17, 15) is 13.2 Å². The molecule has 0 aliphatic carbocycles. The number of carbonyl (C=O) groups is 1. The van der Waals surface area contributed by atoms with E-state index < -0.39 is 20.7 Å². The zero-order chi connectivity index (χ0) is 16.3. The molecule has 0 bridgehead atoms. The van der Waals surface area contributed by atoms with Gasteiger partial charge in [-0.05, 0) is 19.8 Å². The van der Waals surface area contributed by atoms with Gasteiger partial charge >= 0.3 is 0 Å². The van der Waals surface area contributed by atoms with Crippen molar-refractivity contribution < 1.29 is 18.4 Å². The number of piperidine rings is 1. The first-order valence-corrected chi connectivity index (χ1v) is 8.81. The molecule has 9 heteroatoms. The second-order valence-corrected chi connectivity index (χ2v) is 7.87. The van der Waals surface area contributed by atoms with Crippen LogP contribution in [0, 0.1) is 0 Å². The summed E-state index contributed by atoms with van der Waals surface area (Å²) in [6.45, 7) is 6.55. The number of nitrogens with zero attached hydrogens (tertiary/aromatic N) is 2. The van der Waals surface area contributed by atoms with E-state index in [4.69, 9.17) is 17.4 Å². The summed E-state index contributed by atoms with van der Waals surface area (Å²) in [5.74, 6) is -0.865. The molecule has 0 aromatic rings. The smallest absolute Gasteiger partial charge is 0.266 e. The maximum atomic E-state index is 12.8. The van der Waals surface area contributed by atoms with Crippen molar-refractivity contribution in [2.75, 3.05) is 26.2 Å². The van der Waals surface area contributed by atoms with E-state index in [0.29, 0.717) is 18.1 Å². The number of hydrogen-bond donors (Lipinski definition) is 2. The number of hydroxylamine groups is 1. The summed E-state index contributed by atoms with van der Waals surface area (Å²) >= 11 is 5.09. The van der Waals surface area contributed by atoms with Gasteiger partial charge in [0.15, 0.2) is 4.75 Å².